The molecule has 0 amide bonds. The lowest BCUT2D eigenvalue weighted by atomic mass is 10.4. The zero-order valence-corrected chi connectivity index (χ0v) is 9.02. The van der Waals surface area contributed by atoms with Gasteiger partial charge < -0.3 is 4.90 Å². The number of ketones is 1. The highest BCUT2D eigenvalue weighted by Gasteiger charge is 2.08. The quantitative estimate of drug-likeness (QED) is 0.695. The molecule has 1 aromatic heterocycles. The van der Waals surface area contributed by atoms with Gasteiger partial charge in [-0.1, -0.05) is 18.3 Å². The minimum Gasteiger partial charge on any atom is -0.351 e. The summed E-state index contributed by atoms with van der Waals surface area (Å²) in [6.45, 7) is 4.66. The highest BCUT2D eigenvalue weighted by molar-refractivity contribution is 7.17. The molecule has 0 aliphatic heterocycles. The number of thiazole rings is 1. The van der Waals surface area contributed by atoms with Crippen molar-refractivity contribution in [3.63, 3.8) is 0 Å². The molecule has 0 fully saturated rings. The third kappa shape index (κ3) is 2.52. The van der Waals surface area contributed by atoms with Crippen molar-refractivity contribution in [3.05, 3.63) is 11.1 Å². The zero-order valence-electron chi connectivity index (χ0n) is 8.20. The number of nitrogens with zero attached hydrogens (tertiary/aromatic N) is 2. The Morgan fingerprint density at radius 3 is 2.85 bits per heavy atom. The van der Waals surface area contributed by atoms with Gasteiger partial charge in [0, 0.05) is 20.5 Å². The number of carbonyl (C=O) groups excluding carboxylic acids is 1. The number of rotatable bonds is 4. The molecular formula is C9H14N2OS. The Bertz CT molecular complexity index is 296. The summed E-state index contributed by atoms with van der Waals surface area (Å²) in [5.74, 6) is 0.0913. The van der Waals surface area contributed by atoms with E-state index in [1.165, 1.54) is 11.3 Å². The van der Waals surface area contributed by atoms with Crippen LogP contribution in [0.4, 0.5) is 5.13 Å². The van der Waals surface area contributed by atoms with Crippen LogP contribution in [0.3, 0.4) is 0 Å². The van der Waals surface area contributed by atoms with Crippen molar-refractivity contribution in [2.75, 3.05) is 18.5 Å². The van der Waals surface area contributed by atoms with Crippen molar-refractivity contribution in [1.82, 2.24) is 4.98 Å². The van der Waals surface area contributed by atoms with Gasteiger partial charge in [0.1, 0.15) is 0 Å². The number of Topliss-reactive ketones (excluding diaryl/α,β-unsaturated/α-hetero) is 1. The van der Waals surface area contributed by atoms with Gasteiger partial charge in [-0.05, 0) is 6.42 Å². The molecule has 1 heterocycles. The molecule has 13 heavy (non-hydrogen) atoms. The SMILES string of the molecule is CCCN(C)c1ncc(C(C)=O)s1. The summed E-state index contributed by atoms with van der Waals surface area (Å²) in [5, 5.41) is 0.923. The highest BCUT2D eigenvalue weighted by atomic mass is 32.1. The minimum absolute atomic E-state index is 0.0913. The molecule has 0 radical (unpaired) electrons. The van der Waals surface area contributed by atoms with Gasteiger partial charge in [0.25, 0.3) is 0 Å². The summed E-state index contributed by atoms with van der Waals surface area (Å²) in [5.41, 5.74) is 0. The van der Waals surface area contributed by atoms with Crippen molar-refractivity contribution >= 4 is 22.3 Å². The van der Waals surface area contributed by atoms with Crippen LogP contribution < -0.4 is 4.90 Å². The van der Waals surface area contributed by atoms with Crippen LogP contribution in [0.25, 0.3) is 0 Å². The molecule has 0 spiro atoms. The maximum absolute atomic E-state index is 11.0. The molecule has 1 aromatic rings. The first-order valence-electron chi connectivity index (χ1n) is 4.33. The number of hydrogen-bond acceptors (Lipinski definition) is 4. The lowest BCUT2D eigenvalue weighted by Crippen LogP contribution is -2.17. The predicted molar refractivity (Wildman–Crippen MR) is 55.7 cm³/mol. The van der Waals surface area contributed by atoms with E-state index in [2.05, 4.69) is 16.8 Å². The summed E-state index contributed by atoms with van der Waals surface area (Å²) in [4.78, 5) is 18.0. The van der Waals surface area contributed by atoms with Crippen LogP contribution in [0.2, 0.25) is 0 Å². The summed E-state index contributed by atoms with van der Waals surface area (Å²) in [6, 6.07) is 0. The molecule has 0 saturated heterocycles. The van der Waals surface area contributed by atoms with Crippen LogP contribution in [-0.4, -0.2) is 24.4 Å². The van der Waals surface area contributed by atoms with Gasteiger partial charge in [-0.15, -0.1) is 0 Å². The van der Waals surface area contributed by atoms with Crippen LogP contribution in [-0.2, 0) is 0 Å². The summed E-state index contributed by atoms with van der Waals surface area (Å²) < 4.78 is 0. The standard InChI is InChI=1S/C9H14N2OS/c1-4-5-11(3)9-10-6-8(13-9)7(2)12/h6H,4-5H2,1-3H3. The van der Waals surface area contributed by atoms with Crippen LogP contribution in [0.1, 0.15) is 29.9 Å². The van der Waals surface area contributed by atoms with Crippen LogP contribution in [0.15, 0.2) is 6.20 Å². The first-order chi connectivity index (χ1) is 6.15. The normalized spacial score (nSPS) is 10.1. The lowest BCUT2D eigenvalue weighted by Gasteiger charge is -2.13. The van der Waals surface area contributed by atoms with Crippen molar-refractivity contribution in [2.24, 2.45) is 0 Å². The van der Waals surface area contributed by atoms with E-state index < -0.39 is 0 Å². The summed E-state index contributed by atoms with van der Waals surface area (Å²) >= 11 is 1.45. The Balaban J connectivity index is 2.73. The fraction of sp³-hybridized carbons (Fsp3) is 0.556. The molecule has 0 aliphatic carbocycles. The molecule has 0 unspecified atom stereocenters. The van der Waals surface area contributed by atoms with Gasteiger partial charge in [0.15, 0.2) is 10.9 Å². The molecule has 4 heteroatoms. The van der Waals surface area contributed by atoms with Crippen LogP contribution in [0, 0.1) is 0 Å². The first-order valence-corrected chi connectivity index (χ1v) is 5.14. The predicted octanol–water partition coefficient (Wildman–Crippen LogP) is 2.19. The van der Waals surface area contributed by atoms with Crippen molar-refractivity contribution < 1.29 is 4.79 Å². The number of anilines is 1. The van der Waals surface area contributed by atoms with Crippen LogP contribution >= 0.6 is 11.3 Å². The molecule has 0 aromatic carbocycles. The van der Waals surface area contributed by atoms with Crippen molar-refractivity contribution in [3.8, 4) is 0 Å². The molecule has 0 N–H and O–H groups in total. The first kappa shape index (κ1) is 10.2. The molecule has 0 saturated carbocycles. The summed E-state index contributed by atoms with van der Waals surface area (Å²) in [7, 11) is 1.99. The van der Waals surface area contributed by atoms with Gasteiger partial charge in [0.05, 0.1) is 11.1 Å². The fourth-order valence-corrected chi connectivity index (χ4v) is 1.83. The van der Waals surface area contributed by atoms with E-state index in [0.717, 1.165) is 23.0 Å². The average molecular weight is 198 g/mol. The largest absolute Gasteiger partial charge is 0.351 e. The van der Waals surface area contributed by atoms with Gasteiger partial charge in [-0.3, -0.25) is 4.79 Å². The average Bonchev–Trinajstić information content (AvgIpc) is 2.52. The van der Waals surface area contributed by atoms with E-state index in [4.69, 9.17) is 0 Å². The smallest absolute Gasteiger partial charge is 0.185 e. The van der Waals surface area contributed by atoms with E-state index in [1.54, 1.807) is 13.1 Å². The van der Waals surface area contributed by atoms with Gasteiger partial charge >= 0.3 is 0 Å². The molecule has 0 aliphatic rings. The van der Waals surface area contributed by atoms with E-state index in [9.17, 15) is 4.79 Å². The molecular weight excluding hydrogens is 184 g/mol. The third-order valence-electron chi connectivity index (χ3n) is 1.73. The van der Waals surface area contributed by atoms with E-state index in [1.807, 2.05) is 7.05 Å². The molecule has 72 valence electrons. The third-order valence-corrected chi connectivity index (χ3v) is 2.94. The maximum Gasteiger partial charge on any atom is 0.185 e. The Morgan fingerprint density at radius 2 is 2.38 bits per heavy atom. The Hall–Kier alpha value is -0.900. The topological polar surface area (TPSA) is 33.2 Å². The number of hydrogen-bond donors (Lipinski definition) is 0. The van der Waals surface area contributed by atoms with Gasteiger partial charge in [-0.2, -0.15) is 0 Å². The Morgan fingerprint density at radius 1 is 1.69 bits per heavy atom. The lowest BCUT2D eigenvalue weighted by molar-refractivity contribution is 0.102. The zero-order chi connectivity index (χ0) is 9.84. The van der Waals surface area contributed by atoms with Crippen molar-refractivity contribution in [1.29, 1.82) is 0 Å². The van der Waals surface area contributed by atoms with Crippen LogP contribution in [0.5, 0.6) is 0 Å². The molecule has 1 rings (SSSR count). The minimum atomic E-state index is 0.0913. The molecule has 0 atom stereocenters. The molecule has 0 bridgehead atoms. The number of aromatic nitrogens is 1. The van der Waals surface area contributed by atoms with Gasteiger partial charge in [-0.25, -0.2) is 4.98 Å². The Kier molecular flexibility index (Phi) is 3.42. The van der Waals surface area contributed by atoms with E-state index >= 15 is 0 Å². The van der Waals surface area contributed by atoms with E-state index in [0.29, 0.717) is 0 Å². The number of carbonyl (C=O) groups is 1. The molecule has 3 nitrogen and oxygen atoms in total. The van der Waals surface area contributed by atoms with Crippen molar-refractivity contribution in [2.45, 2.75) is 20.3 Å². The summed E-state index contributed by atoms with van der Waals surface area (Å²) in [6.07, 6.45) is 2.74. The highest BCUT2D eigenvalue weighted by Crippen LogP contribution is 2.21. The maximum atomic E-state index is 11.0. The monoisotopic (exact) mass is 198 g/mol. The fourth-order valence-electron chi connectivity index (χ4n) is 1.04. The van der Waals surface area contributed by atoms with E-state index in [-0.39, 0.29) is 5.78 Å². The second-order valence-electron chi connectivity index (χ2n) is 2.98. The van der Waals surface area contributed by atoms with Gasteiger partial charge in [0.2, 0.25) is 0 Å². The Labute approximate surface area is 82.4 Å². The second-order valence-corrected chi connectivity index (χ2v) is 3.99. The second kappa shape index (κ2) is 4.37.